The summed E-state index contributed by atoms with van der Waals surface area (Å²) in [7, 11) is 0. The molecule has 1 aromatic carbocycles. The number of para-hydroxylation sites is 2. The normalized spacial score (nSPS) is 22.0. The predicted molar refractivity (Wildman–Crippen MR) is 80.7 cm³/mol. The van der Waals surface area contributed by atoms with Gasteiger partial charge in [-0.1, -0.05) is 26.0 Å². The Balaban J connectivity index is 1.99. The second kappa shape index (κ2) is 6.75. The summed E-state index contributed by atoms with van der Waals surface area (Å²) in [6, 6.07) is 7.74. The van der Waals surface area contributed by atoms with Crippen molar-refractivity contribution in [1.29, 1.82) is 0 Å². The zero-order valence-electron chi connectivity index (χ0n) is 12.3. The van der Waals surface area contributed by atoms with Crippen LogP contribution in [0.1, 0.15) is 33.1 Å². The molecule has 2 rings (SSSR count). The Morgan fingerprint density at radius 1 is 1.40 bits per heavy atom. The van der Waals surface area contributed by atoms with Gasteiger partial charge >= 0.3 is 0 Å². The van der Waals surface area contributed by atoms with Gasteiger partial charge in [0.15, 0.2) is 0 Å². The van der Waals surface area contributed by atoms with Crippen molar-refractivity contribution in [3.63, 3.8) is 0 Å². The number of anilines is 1. The van der Waals surface area contributed by atoms with Crippen molar-refractivity contribution >= 4 is 11.6 Å². The summed E-state index contributed by atoms with van der Waals surface area (Å²) >= 11 is 0. The molecule has 1 aliphatic carbocycles. The number of benzene rings is 1. The molecule has 0 aliphatic heterocycles. The summed E-state index contributed by atoms with van der Waals surface area (Å²) in [5.74, 6) is 1.27. The third-order valence-corrected chi connectivity index (χ3v) is 3.56. The van der Waals surface area contributed by atoms with Gasteiger partial charge < -0.3 is 15.8 Å². The fourth-order valence-corrected chi connectivity index (χ4v) is 2.44. The van der Waals surface area contributed by atoms with Gasteiger partial charge in [0.1, 0.15) is 5.75 Å². The zero-order chi connectivity index (χ0) is 14.5. The van der Waals surface area contributed by atoms with Crippen molar-refractivity contribution in [2.45, 2.75) is 39.2 Å². The van der Waals surface area contributed by atoms with Crippen LogP contribution in [0.3, 0.4) is 0 Å². The number of carbonyl (C=O) groups excluding carboxylic acids is 1. The Hall–Kier alpha value is -1.55. The lowest BCUT2D eigenvalue weighted by Crippen LogP contribution is -2.23. The summed E-state index contributed by atoms with van der Waals surface area (Å²) < 4.78 is 5.74. The third kappa shape index (κ3) is 3.97. The molecule has 2 atom stereocenters. The molecular weight excluding hydrogens is 252 g/mol. The van der Waals surface area contributed by atoms with Crippen LogP contribution in [0.2, 0.25) is 0 Å². The van der Waals surface area contributed by atoms with Crippen LogP contribution in [0.5, 0.6) is 5.75 Å². The molecule has 2 unspecified atom stereocenters. The lowest BCUT2D eigenvalue weighted by Gasteiger charge is -2.15. The largest absolute Gasteiger partial charge is 0.491 e. The van der Waals surface area contributed by atoms with E-state index in [1.54, 1.807) is 0 Å². The Morgan fingerprint density at radius 2 is 2.15 bits per heavy atom. The minimum Gasteiger partial charge on any atom is -0.491 e. The first kappa shape index (κ1) is 14.9. The number of nitrogens with two attached hydrogens (primary N) is 1. The van der Waals surface area contributed by atoms with Gasteiger partial charge in [-0.05, 0) is 37.3 Å². The highest BCUT2D eigenvalue weighted by atomic mass is 16.5. The maximum absolute atomic E-state index is 12.2. The summed E-state index contributed by atoms with van der Waals surface area (Å²) in [4.78, 5) is 12.2. The Labute approximate surface area is 120 Å². The molecule has 3 N–H and O–H groups in total. The fraction of sp³-hybridized carbons (Fsp3) is 0.562. The molecule has 1 aliphatic rings. The van der Waals surface area contributed by atoms with Crippen molar-refractivity contribution in [3.05, 3.63) is 24.3 Å². The lowest BCUT2D eigenvalue weighted by atomic mass is 10.1. The average Bonchev–Trinajstić information content (AvgIpc) is 2.84. The van der Waals surface area contributed by atoms with E-state index in [0.717, 1.165) is 30.7 Å². The first-order valence-corrected chi connectivity index (χ1v) is 7.34. The Morgan fingerprint density at radius 3 is 2.80 bits per heavy atom. The first-order chi connectivity index (χ1) is 9.56. The number of nitrogens with one attached hydrogen (secondary N) is 1. The molecule has 4 heteroatoms. The van der Waals surface area contributed by atoms with Crippen LogP contribution in [-0.4, -0.2) is 18.6 Å². The molecule has 110 valence electrons. The molecule has 1 saturated carbocycles. The van der Waals surface area contributed by atoms with Crippen molar-refractivity contribution in [2.24, 2.45) is 17.6 Å². The predicted octanol–water partition coefficient (Wildman–Crippen LogP) is 2.79. The molecular formula is C16H24N2O2. The molecule has 0 radical (unpaired) electrons. The third-order valence-electron chi connectivity index (χ3n) is 3.56. The van der Waals surface area contributed by atoms with Crippen molar-refractivity contribution < 1.29 is 9.53 Å². The van der Waals surface area contributed by atoms with Crippen LogP contribution in [-0.2, 0) is 4.79 Å². The number of ether oxygens (including phenoxy) is 1. The lowest BCUT2D eigenvalue weighted by molar-refractivity contribution is -0.119. The van der Waals surface area contributed by atoms with Crippen LogP contribution >= 0.6 is 0 Å². The summed E-state index contributed by atoms with van der Waals surface area (Å²) in [5, 5.41) is 2.98. The van der Waals surface area contributed by atoms with E-state index < -0.39 is 0 Å². The summed E-state index contributed by atoms with van der Waals surface area (Å²) in [5.41, 5.74) is 6.61. The van der Waals surface area contributed by atoms with Crippen LogP contribution in [0, 0.1) is 11.8 Å². The number of hydrogen-bond acceptors (Lipinski definition) is 3. The van der Waals surface area contributed by atoms with Gasteiger partial charge in [0.25, 0.3) is 0 Å². The minimum absolute atomic E-state index is 0.0307. The van der Waals surface area contributed by atoms with E-state index >= 15 is 0 Å². The van der Waals surface area contributed by atoms with Gasteiger partial charge in [0.2, 0.25) is 5.91 Å². The van der Waals surface area contributed by atoms with Crippen molar-refractivity contribution in [3.8, 4) is 5.75 Å². The molecule has 0 spiro atoms. The van der Waals surface area contributed by atoms with E-state index in [-0.39, 0.29) is 17.9 Å². The quantitative estimate of drug-likeness (QED) is 0.869. The topological polar surface area (TPSA) is 64.3 Å². The standard InChI is InChI=1S/C16H24N2O2/c1-11(2)10-20-15-6-4-3-5-14(15)18-16(19)12-7-8-13(17)9-12/h3-6,11-13H,7-10,17H2,1-2H3,(H,18,19). The second-order valence-corrected chi connectivity index (χ2v) is 5.96. The molecule has 4 nitrogen and oxygen atoms in total. The zero-order valence-corrected chi connectivity index (χ0v) is 12.3. The molecule has 0 bridgehead atoms. The number of carbonyl (C=O) groups is 1. The van der Waals surface area contributed by atoms with E-state index in [0.29, 0.717) is 12.5 Å². The highest BCUT2D eigenvalue weighted by Gasteiger charge is 2.28. The molecule has 1 amide bonds. The highest BCUT2D eigenvalue weighted by Crippen LogP contribution is 2.28. The molecule has 1 aromatic rings. The highest BCUT2D eigenvalue weighted by molar-refractivity contribution is 5.94. The van der Waals surface area contributed by atoms with Gasteiger partial charge in [-0.2, -0.15) is 0 Å². The molecule has 1 fully saturated rings. The van der Waals surface area contributed by atoms with Gasteiger partial charge in [0, 0.05) is 12.0 Å². The van der Waals surface area contributed by atoms with E-state index in [9.17, 15) is 4.79 Å². The number of hydrogen-bond donors (Lipinski definition) is 2. The average molecular weight is 276 g/mol. The smallest absolute Gasteiger partial charge is 0.227 e. The number of amides is 1. The second-order valence-electron chi connectivity index (χ2n) is 5.96. The maximum Gasteiger partial charge on any atom is 0.227 e. The molecule has 0 aromatic heterocycles. The van der Waals surface area contributed by atoms with E-state index in [2.05, 4.69) is 19.2 Å². The van der Waals surface area contributed by atoms with Crippen LogP contribution in [0.15, 0.2) is 24.3 Å². The SMILES string of the molecule is CC(C)COc1ccccc1NC(=O)C1CCC(N)C1. The van der Waals surface area contributed by atoms with Crippen LogP contribution in [0.4, 0.5) is 5.69 Å². The first-order valence-electron chi connectivity index (χ1n) is 7.34. The Bertz CT molecular complexity index is 460. The fourth-order valence-electron chi connectivity index (χ4n) is 2.44. The van der Waals surface area contributed by atoms with Gasteiger partial charge in [-0.15, -0.1) is 0 Å². The summed E-state index contributed by atoms with van der Waals surface area (Å²) in [6.45, 7) is 4.84. The Kier molecular flexibility index (Phi) is 5.01. The van der Waals surface area contributed by atoms with E-state index in [4.69, 9.17) is 10.5 Å². The van der Waals surface area contributed by atoms with Gasteiger partial charge in [-0.25, -0.2) is 0 Å². The van der Waals surface area contributed by atoms with Crippen molar-refractivity contribution in [1.82, 2.24) is 0 Å². The van der Waals surface area contributed by atoms with Crippen LogP contribution in [0.25, 0.3) is 0 Å². The van der Waals surface area contributed by atoms with Gasteiger partial charge in [0.05, 0.1) is 12.3 Å². The van der Waals surface area contributed by atoms with Gasteiger partial charge in [-0.3, -0.25) is 4.79 Å². The van der Waals surface area contributed by atoms with E-state index in [1.807, 2.05) is 24.3 Å². The molecule has 20 heavy (non-hydrogen) atoms. The minimum atomic E-state index is 0.0307. The van der Waals surface area contributed by atoms with Crippen LogP contribution < -0.4 is 15.8 Å². The molecule has 0 heterocycles. The monoisotopic (exact) mass is 276 g/mol. The maximum atomic E-state index is 12.2. The number of rotatable bonds is 5. The van der Waals surface area contributed by atoms with E-state index in [1.165, 1.54) is 0 Å². The summed E-state index contributed by atoms with van der Waals surface area (Å²) in [6.07, 6.45) is 2.59. The molecule has 0 saturated heterocycles. The van der Waals surface area contributed by atoms with Crippen molar-refractivity contribution in [2.75, 3.05) is 11.9 Å².